The third kappa shape index (κ3) is 1.83. The van der Waals surface area contributed by atoms with E-state index in [2.05, 4.69) is 0 Å². The van der Waals surface area contributed by atoms with Crippen LogP contribution in [0.25, 0.3) is 6.08 Å². The molecule has 1 aliphatic rings. The van der Waals surface area contributed by atoms with Crippen molar-refractivity contribution >= 4 is 15.9 Å². The fourth-order valence-corrected chi connectivity index (χ4v) is 3.10. The molecule has 0 unspecified atom stereocenters. The highest BCUT2D eigenvalue weighted by Gasteiger charge is 2.25. The Morgan fingerprint density at radius 3 is 2.62 bits per heavy atom. The van der Waals surface area contributed by atoms with Gasteiger partial charge in [0.15, 0.2) is 9.84 Å². The zero-order valence-corrected chi connectivity index (χ0v) is 9.11. The normalized spacial score (nSPS) is 18.1. The van der Waals surface area contributed by atoms with E-state index >= 15 is 0 Å². The van der Waals surface area contributed by atoms with Crippen molar-refractivity contribution in [2.24, 2.45) is 0 Å². The van der Waals surface area contributed by atoms with Crippen LogP contribution < -0.4 is 0 Å². The highest BCUT2D eigenvalue weighted by Crippen LogP contribution is 2.25. The Morgan fingerprint density at radius 1 is 1.25 bits per heavy atom. The van der Waals surface area contributed by atoms with Gasteiger partial charge in [-0.3, -0.25) is 10.1 Å². The third-order valence-electron chi connectivity index (χ3n) is 2.44. The molecule has 1 aliphatic heterocycles. The minimum Gasteiger partial charge on any atom is -0.259 e. The molecule has 6 heteroatoms. The minimum atomic E-state index is -3.40. The summed E-state index contributed by atoms with van der Waals surface area (Å²) in [5.41, 5.74) is 0.334. The van der Waals surface area contributed by atoms with Gasteiger partial charge in [0, 0.05) is 6.08 Å². The number of rotatable bonds is 1. The van der Waals surface area contributed by atoms with Crippen molar-refractivity contribution in [1.29, 1.82) is 0 Å². The molecule has 0 saturated heterocycles. The number of sulfone groups is 1. The van der Waals surface area contributed by atoms with E-state index in [4.69, 9.17) is 0 Å². The molecular weight excluding hydrogens is 230 g/mol. The van der Waals surface area contributed by atoms with E-state index in [1.54, 1.807) is 18.2 Å². The Labute approximate surface area is 92.5 Å². The number of allylic oxidation sites excluding steroid dienone is 1. The Balaban J connectivity index is 2.65. The molecule has 0 saturated carbocycles. The summed E-state index contributed by atoms with van der Waals surface area (Å²) < 4.78 is 23.6. The second-order valence-corrected chi connectivity index (χ2v) is 5.58. The third-order valence-corrected chi connectivity index (χ3v) is 4.22. The van der Waals surface area contributed by atoms with E-state index in [9.17, 15) is 18.5 Å². The lowest BCUT2D eigenvalue weighted by Gasteiger charge is -2.02. The van der Waals surface area contributed by atoms with Crippen molar-refractivity contribution in [3.63, 3.8) is 0 Å². The summed E-state index contributed by atoms with van der Waals surface area (Å²) >= 11 is 0. The molecule has 0 fully saturated rings. The Morgan fingerprint density at radius 2 is 1.94 bits per heavy atom. The average molecular weight is 239 g/mol. The maximum absolute atomic E-state index is 11.8. The van der Waals surface area contributed by atoms with Crippen LogP contribution in [0.1, 0.15) is 12.0 Å². The summed E-state index contributed by atoms with van der Waals surface area (Å²) in [7, 11) is -3.40. The number of nitro groups is 1. The van der Waals surface area contributed by atoms with Gasteiger partial charge in [-0.25, -0.2) is 8.42 Å². The molecule has 0 atom stereocenters. The van der Waals surface area contributed by atoms with Crippen molar-refractivity contribution in [3.8, 4) is 0 Å². The summed E-state index contributed by atoms with van der Waals surface area (Å²) in [5, 5.41) is 10.7. The van der Waals surface area contributed by atoms with Crippen molar-refractivity contribution in [2.75, 3.05) is 5.75 Å². The van der Waals surface area contributed by atoms with Gasteiger partial charge in [-0.05, 0) is 11.6 Å². The first-order chi connectivity index (χ1) is 7.50. The molecule has 0 aromatic heterocycles. The van der Waals surface area contributed by atoms with E-state index in [1.807, 2.05) is 0 Å². The zero-order valence-electron chi connectivity index (χ0n) is 8.29. The number of fused-ring (bicyclic) bond motifs is 1. The van der Waals surface area contributed by atoms with E-state index in [0.29, 0.717) is 5.56 Å². The Bertz CT molecular complexity index is 574. The van der Waals surface area contributed by atoms with Gasteiger partial charge in [0.25, 0.3) is 0 Å². The fraction of sp³-hybridized carbons (Fsp3) is 0.200. The highest BCUT2D eigenvalue weighted by molar-refractivity contribution is 7.91. The molecule has 0 aliphatic carbocycles. The van der Waals surface area contributed by atoms with Crippen LogP contribution >= 0.6 is 0 Å². The van der Waals surface area contributed by atoms with Crippen LogP contribution in [-0.4, -0.2) is 19.1 Å². The van der Waals surface area contributed by atoms with Crippen molar-refractivity contribution in [3.05, 3.63) is 45.6 Å². The van der Waals surface area contributed by atoms with Crippen LogP contribution in [0.3, 0.4) is 0 Å². The molecule has 1 heterocycles. The number of benzene rings is 1. The second-order valence-electron chi connectivity index (χ2n) is 3.50. The Kier molecular flexibility index (Phi) is 2.51. The second kappa shape index (κ2) is 3.71. The maximum Gasteiger partial charge on any atom is 0.247 e. The molecule has 0 spiro atoms. The van der Waals surface area contributed by atoms with Crippen molar-refractivity contribution in [1.82, 2.24) is 0 Å². The molecule has 16 heavy (non-hydrogen) atoms. The van der Waals surface area contributed by atoms with Crippen LogP contribution in [0.15, 0.2) is 34.9 Å². The summed E-state index contributed by atoms with van der Waals surface area (Å²) in [6, 6.07) is 6.32. The zero-order chi connectivity index (χ0) is 11.8. The molecule has 0 radical (unpaired) electrons. The van der Waals surface area contributed by atoms with Gasteiger partial charge >= 0.3 is 0 Å². The average Bonchev–Trinajstić information content (AvgIpc) is 2.36. The molecular formula is C10H9NO4S. The SMILES string of the molecule is O=[N+]([O-])C1=Cc2ccccc2S(=O)(=O)CC1. The number of hydrogen-bond acceptors (Lipinski definition) is 4. The Hall–Kier alpha value is -1.69. The van der Waals surface area contributed by atoms with Gasteiger partial charge in [0.05, 0.1) is 22.0 Å². The van der Waals surface area contributed by atoms with Crippen LogP contribution in [-0.2, 0) is 9.84 Å². The van der Waals surface area contributed by atoms with E-state index in [0.717, 1.165) is 0 Å². The summed E-state index contributed by atoms with van der Waals surface area (Å²) in [4.78, 5) is 10.3. The van der Waals surface area contributed by atoms with Crippen LogP contribution in [0, 0.1) is 10.1 Å². The van der Waals surface area contributed by atoms with E-state index in [-0.39, 0.29) is 22.8 Å². The molecule has 0 N–H and O–H groups in total. The van der Waals surface area contributed by atoms with Crippen LogP contribution in [0.4, 0.5) is 0 Å². The topological polar surface area (TPSA) is 77.3 Å². The largest absolute Gasteiger partial charge is 0.259 e. The van der Waals surface area contributed by atoms with Gasteiger partial charge in [0.1, 0.15) is 0 Å². The molecule has 1 aromatic rings. The molecule has 1 aromatic carbocycles. The summed E-state index contributed by atoms with van der Waals surface area (Å²) in [6.45, 7) is 0. The van der Waals surface area contributed by atoms with Gasteiger partial charge in [0.2, 0.25) is 5.70 Å². The van der Waals surface area contributed by atoms with Gasteiger partial charge in [-0.2, -0.15) is 0 Å². The van der Waals surface area contributed by atoms with Gasteiger partial charge in [-0.1, -0.05) is 18.2 Å². The quantitative estimate of drug-likeness (QED) is 0.549. The standard InChI is InChI=1S/C10H9NO4S/c12-11(13)9-5-6-16(14,15)10-4-2-1-3-8(10)7-9/h1-4,7H,5-6H2. The lowest BCUT2D eigenvalue weighted by molar-refractivity contribution is -0.425. The summed E-state index contributed by atoms with van der Waals surface area (Å²) in [6.07, 6.45) is 1.28. The first-order valence-electron chi connectivity index (χ1n) is 4.67. The molecule has 0 bridgehead atoms. The number of hydrogen-bond donors (Lipinski definition) is 0. The fourth-order valence-electron chi connectivity index (χ4n) is 1.63. The lowest BCUT2D eigenvalue weighted by Crippen LogP contribution is -2.08. The molecule has 0 amide bonds. The van der Waals surface area contributed by atoms with E-state index in [1.165, 1.54) is 12.1 Å². The van der Waals surface area contributed by atoms with Crippen LogP contribution in [0.5, 0.6) is 0 Å². The predicted octanol–water partition coefficient (Wildman–Crippen LogP) is 1.48. The molecule has 84 valence electrons. The maximum atomic E-state index is 11.8. The minimum absolute atomic E-state index is 0.0516. The van der Waals surface area contributed by atoms with Gasteiger partial charge in [-0.15, -0.1) is 0 Å². The predicted molar refractivity (Wildman–Crippen MR) is 58.1 cm³/mol. The van der Waals surface area contributed by atoms with Gasteiger partial charge < -0.3 is 0 Å². The highest BCUT2D eigenvalue weighted by atomic mass is 32.2. The van der Waals surface area contributed by atoms with Crippen molar-refractivity contribution in [2.45, 2.75) is 11.3 Å². The summed E-state index contributed by atoms with van der Waals surface area (Å²) in [5.74, 6) is -0.211. The number of nitrogens with zero attached hydrogens (tertiary/aromatic N) is 1. The lowest BCUT2D eigenvalue weighted by atomic mass is 10.2. The van der Waals surface area contributed by atoms with Crippen molar-refractivity contribution < 1.29 is 13.3 Å². The first-order valence-corrected chi connectivity index (χ1v) is 6.33. The molecule has 2 rings (SSSR count). The van der Waals surface area contributed by atoms with Crippen LogP contribution in [0.2, 0.25) is 0 Å². The smallest absolute Gasteiger partial charge is 0.247 e. The monoisotopic (exact) mass is 239 g/mol. The molecule has 5 nitrogen and oxygen atoms in total. The van der Waals surface area contributed by atoms with E-state index < -0.39 is 14.8 Å². The first kappa shape index (κ1) is 10.8.